The van der Waals surface area contributed by atoms with Crippen LogP contribution in [-0.2, 0) is 0 Å². The van der Waals surface area contributed by atoms with E-state index in [1.807, 2.05) is 6.92 Å². The zero-order valence-corrected chi connectivity index (χ0v) is 14.2. The van der Waals surface area contributed by atoms with Gasteiger partial charge in [-0.05, 0) is 39.8 Å². The summed E-state index contributed by atoms with van der Waals surface area (Å²) in [7, 11) is 4.22. The van der Waals surface area contributed by atoms with Gasteiger partial charge in [0.1, 0.15) is 4.88 Å². The van der Waals surface area contributed by atoms with Gasteiger partial charge in [-0.1, -0.05) is 31.1 Å². The Morgan fingerprint density at radius 2 is 2.29 bits per heavy atom. The minimum Gasteiger partial charge on any atom is -0.375 e. The fourth-order valence-electron chi connectivity index (χ4n) is 3.31. The van der Waals surface area contributed by atoms with Crippen molar-refractivity contribution >= 4 is 22.4 Å². The van der Waals surface area contributed by atoms with Crippen molar-refractivity contribution < 1.29 is 4.79 Å². The second kappa shape index (κ2) is 6.32. The van der Waals surface area contributed by atoms with Crippen molar-refractivity contribution in [1.82, 2.24) is 15.2 Å². The van der Waals surface area contributed by atoms with Crippen molar-refractivity contribution in [3.8, 4) is 0 Å². The topological polar surface area (TPSA) is 71.2 Å². The predicted molar refractivity (Wildman–Crippen MR) is 87.6 cm³/mol. The van der Waals surface area contributed by atoms with Crippen LogP contribution in [0.15, 0.2) is 0 Å². The molecule has 2 unspecified atom stereocenters. The number of nitrogen functional groups attached to an aromatic ring is 1. The molecule has 6 heteroatoms. The van der Waals surface area contributed by atoms with Crippen molar-refractivity contribution in [2.75, 3.05) is 26.4 Å². The molecule has 1 amide bonds. The van der Waals surface area contributed by atoms with E-state index < -0.39 is 0 Å². The van der Waals surface area contributed by atoms with E-state index in [4.69, 9.17) is 5.73 Å². The van der Waals surface area contributed by atoms with Crippen LogP contribution in [-0.4, -0.2) is 42.0 Å². The quantitative estimate of drug-likeness (QED) is 0.895. The molecular weight excluding hydrogens is 284 g/mol. The first-order chi connectivity index (χ1) is 9.84. The number of amides is 1. The van der Waals surface area contributed by atoms with Crippen LogP contribution < -0.4 is 11.1 Å². The van der Waals surface area contributed by atoms with Gasteiger partial charge in [0.15, 0.2) is 5.13 Å². The van der Waals surface area contributed by atoms with E-state index in [9.17, 15) is 4.79 Å². The van der Waals surface area contributed by atoms with Crippen LogP contribution in [0.2, 0.25) is 0 Å². The maximum Gasteiger partial charge on any atom is 0.263 e. The second-order valence-electron chi connectivity index (χ2n) is 6.47. The SMILES string of the molecule is Cc1nc(N)sc1C(=O)NCC1(N(C)C)CCCC(C)C1. The molecule has 1 aliphatic carbocycles. The summed E-state index contributed by atoms with van der Waals surface area (Å²) in [5, 5.41) is 3.55. The molecule has 1 saturated carbocycles. The van der Waals surface area contributed by atoms with Gasteiger partial charge in [-0.3, -0.25) is 4.79 Å². The summed E-state index contributed by atoms with van der Waals surface area (Å²) in [6.45, 7) is 4.81. The van der Waals surface area contributed by atoms with Crippen molar-refractivity contribution in [2.45, 2.75) is 45.1 Å². The third kappa shape index (κ3) is 3.55. The number of rotatable bonds is 4. The van der Waals surface area contributed by atoms with Crippen LogP contribution in [0.3, 0.4) is 0 Å². The molecule has 0 spiro atoms. The van der Waals surface area contributed by atoms with E-state index in [0.29, 0.717) is 28.2 Å². The molecule has 2 rings (SSSR count). The standard InChI is InChI=1S/C15H26N4OS/c1-10-6-5-7-15(8-10,19(3)4)9-17-13(20)12-11(2)18-14(16)21-12/h10H,5-9H2,1-4H3,(H2,16,18)(H,17,20). The minimum atomic E-state index is -0.0545. The van der Waals surface area contributed by atoms with E-state index in [0.717, 1.165) is 12.8 Å². The molecule has 0 bridgehead atoms. The second-order valence-corrected chi connectivity index (χ2v) is 7.50. The van der Waals surface area contributed by atoms with Crippen LogP contribution in [0, 0.1) is 12.8 Å². The number of hydrogen-bond acceptors (Lipinski definition) is 5. The summed E-state index contributed by atoms with van der Waals surface area (Å²) in [6, 6.07) is 0. The summed E-state index contributed by atoms with van der Waals surface area (Å²) in [4.78, 5) is 19.4. The summed E-state index contributed by atoms with van der Waals surface area (Å²) in [5.41, 5.74) is 6.45. The Labute approximate surface area is 130 Å². The number of nitrogens with zero attached hydrogens (tertiary/aromatic N) is 2. The molecular formula is C15H26N4OS. The smallest absolute Gasteiger partial charge is 0.263 e. The van der Waals surface area contributed by atoms with E-state index >= 15 is 0 Å². The molecule has 0 aromatic carbocycles. The van der Waals surface area contributed by atoms with Gasteiger partial charge in [0, 0.05) is 12.1 Å². The number of carbonyl (C=O) groups is 1. The molecule has 0 saturated heterocycles. The lowest BCUT2D eigenvalue weighted by molar-refractivity contribution is 0.0676. The van der Waals surface area contributed by atoms with Crippen molar-refractivity contribution in [3.63, 3.8) is 0 Å². The zero-order valence-electron chi connectivity index (χ0n) is 13.4. The Kier molecular flexibility index (Phi) is 4.88. The zero-order chi connectivity index (χ0) is 15.6. The maximum atomic E-state index is 12.4. The molecule has 5 nitrogen and oxygen atoms in total. The maximum absolute atomic E-state index is 12.4. The van der Waals surface area contributed by atoms with Gasteiger partial charge in [-0.15, -0.1) is 0 Å². The van der Waals surface area contributed by atoms with Gasteiger partial charge in [-0.25, -0.2) is 4.98 Å². The number of nitrogens with two attached hydrogens (primary N) is 1. The van der Waals surface area contributed by atoms with Gasteiger partial charge >= 0.3 is 0 Å². The number of likely N-dealkylation sites (N-methyl/N-ethyl adjacent to an activating group) is 1. The van der Waals surface area contributed by atoms with Crippen molar-refractivity contribution in [2.24, 2.45) is 5.92 Å². The van der Waals surface area contributed by atoms with E-state index in [-0.39, 0.29) is 11.4 Å². The van der Waals surface area contributed by atoms with E-state index in [2.05, 4.69) is 36.2 Å². The van der Waals surface area contributed by atoms with Gasteiger partial charge in [-0.2, -0.15) is 0 Å². The van der Waals surface area contributed by atoms with Gasteiger partial charge in [0.25, 0.3) is 5.91 Å². The van der Waals surface area contributed by atoms with E-state index in [1.165, 1.54) is 24.2 Å². The normalized spacial score (nSPS) is 26.0. The number of carbonyl (C=O) groups excluding carboxylic acids is 1. The number of aryl methyl sites for hydroxylation is 1. The molecule has 1 fully saturated rings. The van der Waals surface area contributed by atoms with Gasteiger partial charge < -0.3 is 16.0 Å². The van der Waals surface area contributed by atoms with Crippen LogP contribution in [0.5, 0.6) is 0 Å². The molecule has 2 atom stereocenters. The third-order valence-electron chi connectivity index (χ3n) is 4.61. The summed E-state index contributed by atoms with van der Waals surface area (Å²) in [5.74, 6) is 0.653. The average molecular weight is 310 g/mol. The summed E-state index contributed by atoms with van der Waals surface area (Å²) in [6.07, 6.45) is 4.77. The number of aromatic nitrogens is 1. The highest BCUT2D eigenvalue weighted by Gasteiger charge is 2.37. The Morgan fingerprint density at radius 1 is 1.57 bits per heavy atom. The Bertz CT molecular complexity index is 514. The third-order valence-corrected chi connectivity index (χ3v) is 5.60. The van der Waals surface area contributed by atoms with Crippen LogP contribution in [0.4, 0.5) is 5.13 Å². The Balaban J connectivity index is 2.05. The number of thiazole rings is 1. The molecule has 1 aliphatic rings. The first kappa shape index (κ1) is 16.2. The van der Waals surface area contributed by atoms with Crippen LogP contribution in [0.25, 0.3) is 0 Å². The number of nitrogens with one attached hydrogen (secondary N) is 1. The Morgan fingerprint density at radius 3 is 2.81 bits per heavy atom. The molecule has 1 aromatic rings. The highest BCUT2D eigenvalue weighted by atomic mass is 32.1. The lowest BCUT2D eigenvalue weighted by atomic mass is 9.75. The molecule has 1 aromatic heterocycles. The predicted octanol–water partition coefficient (Wildman–Crippen LogP) is 2.27. The molecule has 3 N–H and O–H groups in total. The van der Waals surface area contributed by atoms with Crippen LogP contribution in [0.1, 0.15) is 48.0 Å². The monoisotopic (exact) mass is 310 g/mol. The highest BCUT2D eigenvalue weighted by molar-refractivity contribution is 7.17. The fraction of sp³-hybridized carbons (Fsp3) is 0.733. The van der Waals surface area contributed by atoms with Crippen molar-refractivity contribution in [3.05, 3.63) is 10.6 Å². The largest absolute Gasteiger partial charge is 0.375 e. The molecule has 118 valence electrons. The van der Waals surface area contributed by atoms with Gasteiger partial charge in [0.2, 0.25) is 0 Å². The summed E-state index contributed by atoms with van der Waals surface area (Å²) >= 11 is 1.26. The van der Waals surface area contributed by atoms with Crippen LogP contribution >= 0.6 is 11.3 Å². The molecule has 0 radical (unpaired) electrons. The minimum absolute atomic E-state index is 0.0545. The summed E-state index contributed by atoms with van der Waals surface area (Å²) < 4.78 is 0. The molecule has 0 aliphatic heterocycles. The first-order valence-electron chi connectivity index (χ1n) is 7.52. The highest BCUT2D eigenvalue weighted by Crippen LogP contribution is 2.35. The average Bonchev–Trinajstić information content (AvgIpc) is 2.75. The Hall–Kier alpha value is -1.14. The molecule has 1 heterocycles. The van der Waals surface area contributed by atoms with Gasteiger partial charge in [0.05, 0.1) is 5.69 Å². The lowest BCUT2D eigenvalue weighted by Crippen LogP contribution is -2.55. The fourth-order valence-corrected chi connectivity index (χ4v) is 4.06. The first-order valence-corrected chi connectivity index (χ1v) is 8.34. The van der Waals surface area contributed by atoms with Crippen molar-refractivity contribution in [1.29, 1.82) is 0 Å². The number of anilines is 1. The van der Waals surface area contributed by atoms with E-state index in [1.54, 1.807) is 0 Å². The number of hydrogen-bond donors (Lipinski definition) is 2. The lowest BCUT2D eigenvalue weighted by Gasteiger charge is -2.45. The molecule has 21 heavy (non-hydrogen) atoms.